The molecule has 0 bridgehead atoms. The van der Waals surface area contributed by atoms with Gasteiger partial charge in [0.1, 0.15) is 17.2 Å². The van der Waals surface area contributed by atoms with Crippen LogP contribution in [0.4, 0.5) is 26.3 Å². The first-order valence-electron chi connectivity index (χ1n) is 12.5. The molecule has 0 aromatic heterocycles. The third-order valence-corrected chi connectivity index (χ3v) is 7.80. The Hall–Kier alpha value is -1.46. The molecule has 2 fully saturated rings. The molecule has 0 unspecified atom stereocenters. The van der Waals surface area contributed by atoms with Gasteiger partial charge in [-0.15, -0.1) is 0 Å². The van der Waals surface area contributed by atoms with Crippen molar-refractivity contribution in [2.24, 2.45) is 17.8 Å². The van der Waals surface area contributed by atoms with Gasteiger partial charge in [-0.25, -0.2) is 8.78 Å². The summed E-state index contributed by atoms with van der Waals surface area (Å²) < 4.78 is 78.3. The summed E-state index contributed by atoms with van der Waals surface area (Å²) in [5.41, 5.74) is -1.43. The van der Waals surface area contributed by atoms with Crippen LogP contribution < -0.4 is 0 Å². The minimum Gasteiger partial charge on any atom is -0.251 e. The summed E-state index contributed by atoms with van der Waals surface area (Å²) in [7, 11) is 0. The first kappa shape index (κ1) is 26.2. The normalized spacial score (nSPS) is 26.7. The predicted octanol–water partition coefficient (Wildman–Crippen LogP) is 9.54. The monoisotopic (exact) mass is 474 g/mol. The number of benzene rings is 1. The summed E-state index contributed by atoms with van der Waals surface area (Å²) in [5.74, 6) is -0.918. The molecule has 0 radical (unpaired) electrons. The van der Waals surface area contributed by atoms with E-state index in [1.165, 1.54) is 44.9 Å². The van der Waals surface area contributed by atoms with Gasteiger partial charge in [-0.3, -0.25) is 4.39 Å². The predicted molar refractivity (Wildman–Crippen MR) is 120 cm³/mol. The molecule has 2 aliphatic carbocycles. The average molecular weight is 475 g/mol. The van der Waals surface area contributed by atoms with Gasteiger partial charge in [-0.1, -0.05) is 50.7 Å². The van der Waals surface area contributed by atoms with Crippen molar-refractivity contribution < 1.29 is 26.3 Å². The Morgan fingerprint density at radius 2 is 1.15 bits per heavy atom. The molecule has 0 spiro atoms. The van der Waals surface area contributed by atoms with Gasteiger partial charge in [0.05, 0.1) is 6.67 Å². The Morgan fingerprint density at radius 3 is 1.64 bits per heavy atom. The van der Waals surface area contributed by atoms with Crippen LogP contribution in [0.3, 0.4) is 0 Å². The van der Waals surface area contributed by atoms with Crippen molar-refractivity contribution >= 4 is 0 Å². The van der Waals surface area contributed by atoms with Crippen LogP contribution in [-0.4, -0.2) is 6.67 Å². The van der Waals surface area contributed by atoms with Crippen LogP contribution >= 0.6 is 0 Å². The van der Waals surface area contributed by atoms with Crippen molar-refractivity contribution in [2.75, 3.05) is 6.67 Å². The maximum absolute atomic E-state index is 13.9. The van der Waals surface area contributed by atoms with Gasteiger partial charge in [0.2, 0.25) is 0 Å². The smallest absolute Gasteiger partial charge is 0.251 e. The van der Waals surface area contributed by atoms with Crippen LogP contribution in [0.2, 0.25) is 0 Å². The number of hydrogen-bond acceptors (Lipinski definition) is 0. The highest BCUT2D eigenvalue weighted by molar-refractivity contribution is 5.30. The fourth-order valence-electron chi connectivity index (χ4n) is 5.79. The molecular weight excluding hydrogens is 438 g/mol. The summed E-state index contributed by atoms with van der Waals surface area (Å²) in [5, 5.41) is 0. The molecule has 0 N–H and O–H groups in total. The Morgan fingerprint density at radius 1 is 0.697 bits per heavy atom. The first-order chi connectivity index (χ1) is 15.8. The molecular formula is C27H36F6. The van der Waals surface area contributed by atoms with Crippen LogP contribution in [0.25, 0.3) is 0 Å². The van der Waals surface area contributed by atoms with E-state index in [1.807, 2.05) is 6.08 Å². The lowest BCUT2D eigenvalue weighted by molar-refractivity contribution is -0.142. The zero-order valence-electron chi connectivity index (χ0n) is 19.3. The summed E-state index contributed by atoms with van der Waals surface area (Å²) in [6.45, 7) is -0.282. The van der Waals surface area contributed by atoms with E-state index in [-0.39, 0.29) is 12.6 Å². The van der Waals surface area contributed by atoms with Crippen LogP contribution in [0.15, 0.2) is 24.3 Å². The molecule has 0 saturated heterocycles. The molecule has 1 aromatic rings. The van der Waals surface area contributed by atoms with Crippen LogP contribution in [0, 0.1) is 29.4 Å². The number of allylic oxidation sites excluding steroid dienone is 2. The molecule has 2 saturated carbocycles. The van der Waals surface area contributed by atoms with Crippen LogP contribution in [0.5, 0.6) is 0 Å². The van der Waals surface area contributed by atoms with E-state index in [9.17, 15) is 26.3 Å². The molecule has 2 aliphatic rings. The number of halogens is 6. The van der Waals surface area contributed by atoms with E-state index in [4.69, 9.17) is 0 Å². The van der Waals surface area contributed by atoms with Crippen molar-refractivity contribution in [2.45, 2.75) is 95.6 Å². The molecule has 0 aliphatic heterocycles. The number of alkyl halides is 4. The highest BCUT2D eigenvalue weighted by Crippen LogP contribution is 2.42. The topological polar surface area (TPSA) is 0 Å². The van der Waals surface area contributed by atoms with Crippen molar-refractivity contribution in [3.8, 4) is 0 Å². The average Bonchev–Trinajstić information content (AvgIpc) is 2.77. The third kappa shape index (κ3) is 7.78. The zero-order valence-corrected chi connectivity index (χ0v) is 19.3. The van der Waals surface area contributed by atoms with Crippen molar-refractivity contribution in [3.63, 3.8) is 0 Å². The molecule has 0 heterocycles. The molecule has 3 rings (SSSR count). The van der Waals surface area contributed by atoms with Gasteiger partial charge in [0, 0.05) is 0 Å². The van der Waals surface area contributed by atoms with E-state index in [1.54, 1.807) is 0 Å². The Labute approximate surface area is 193 Å². The Kier molecular flexibility index (Phi) is 9.75. The van der Waals surface area contributed by atoms with Gasteiger partial charge in [-0.2, -0.15) is 13.2 Å². The van der Waals surface area contributed by atoms with Gasteiger partial charge in [0.15, 0.2) is 0 Å². The second-order valence-corrected chi connectivity index (χ2v) is 10.1. The SMILES string of the molecule is FCCC=CCC[C@H]1CC[C@H](CC[C@H]2CC[C@H](c3cc(F)c(C(F)(F)F)c(F)c3)CC2)CC1. The Bertz CT molecular complexity index is 729. The van der Waals surface area contributed by atoms with E-state index >= 15 is 0 Å². The van der Waals surface area contributed by atoms with Gasteiger partial charge < -0.3 is 0 Å². The third-order valence-electron chi connectivity index (χ3n) is 7.80. The molecule has 1 aromatic carbocycles. The second kappa shape index (κ2) is 12.3. The molecule has 6 heteroatoms. The minimum absolute atomic E-state index is 0.0677. The lowest BCUT2D eigenvalue weighted by atomic mass is 9.74. The fraction of sp³-hybridized carbons (Fsp3) is 0.704. The molecule has 33 heavy (non-hydrogen) atoms. The summed E-state index contributed by atoms with van der Waals surface area (Å²) in [6, 6.07) is 1.76. The first-order valence-corrected chi connectivity index (χ1v) is 12.5. The zero-order chi connectivity index (χ0) is 23.8. The molecule has 0 nitrogen and oxygen atoms in total. The van der Waals surface area contributed by atoms with Crippen LogP contribution in [-0.2, 0) is 6.18 Å². The van der Waals surface area contributed by atoms with E-state index in [2.05, 4.69) is 6.08 Å². The van der Waals surface area contributed by atoms with Crippen molar-refractivity contribution in [1.29, 1.82) is 0 Å². The summed E-state index contributed by atoms with van der Waals surface area (Å²) in [4.78, 5) is 0. The van der Waals surface area contributed by atoms with Crippen LogP contribution in [0.1, 0.15) is 101 Å². The fourth-order valence-corrected chi connectivity index (χ4v) is 5.79. The molecule has 0 atom stereocenters. The molecule has 186 valence electrons. The maximum Gasteiger partial charge on any atom is 0.422 e. The van der Waals surface area contributed by atoms with Crippen molar-refractivity contribution in [1.82, 2.24) is 0 Å². The maximum atomic E-state index is 13.9. The number of rotatable bonds is 9. The lowest BCUT2D eigenvalue weighted by Gasteiger charge is -2.32. The second-order valence-electron chi connectivity index (χ2n) is 10.1. The minimum atomic E-state index is -5.02. The van der Waals surface area contributed by atoms with E-state index in [0.717, 1.165) is 56.1 Å². The van der Waals surface area contributed by atoms with Crippen molar-refractivity contribution in [3.05, 3.63) is 47.0 Å². The standard InChI is InChI=1S/C27H36F6/c28-16-4-2-1-3-5-19-6-8-20(9-7-19)10-11-21-12-14-22(15-13-21)23-17-24(29)26(25(30)18-23)27(31,32)33/h1-2,17-22H,3-16H2/t19-,20-,21-,22-. The number of hydrogen-bond donors (Lipinski definition) is 0. The lowest BCUT2D eigenvalue weighted by Crippen LogP contribution is -2.18. The van der Waals surface area contributed by atoms with Gasteiger partial charge in [-0.05, 0) is 86.3 Å². The summed E-state index contributed by atoms with van der Waals surface area (Å²) >= 11 is 0. The quantitative estimate of drug-likeness (QED) is 0.247. The molecule has 0 amide bonds. The summed E-state index contributed by atoms with van der Waals surface area (Å²) in [6.07, 6.45) is 12.8. The Balaban J connectivity index is 1.37. The highest BCUT2D eigenvalue weighted by atomic mass is 19.4. The van der Waals surface area contributed by atoms with E-state index < -0.39 is 23.4 Å². The largest absolute Gasteiger partial charge is 0.422 e. The van der Waals surface area contributed by atoms with Gasteiger partial charge >= 0.3 is 6.18 Å². The highest BCUT2D eigenvalue weighted by Gasteiger charge is 2.38. The van der Waals surface area contributed by atoms with E-state index in [0.29, 0.717) is 17.9 Å². The van der Waals surface area contributed by atoms with Gasteiger partial charge in [0.25, 0.3) is 0 Å².